The van der Waals surface area contributed by atoms with E-state index in [1.165, 1.54) is 9.08 Å². The third kappa shape index (κ3) is 3.13. The molecule has 28 heavy (non-hydrogen) atoms. The zero-order valence-corrected chi connectivity index (χ0v) is 16.1. The van der Waals surface area contributed by atoms with E-state index in [1.54, 1.807) is 31.4 Å². The monoisotopic (exact) mass is 424 g/mol. The Morgan fingerprint density at radius 3 is 2.54 bits per heavy atom. The van der Waals surface area contributed by atoms with E-state index < -0.39 is 24.5 Å². The molecule has 0 radical (unpaired) electrons. The summed E-state index contributed by atoms with van der Waals surface area (Å²) < 4.78 is 18.8. The minimum absolute atomic E-state index is 0.0185. The highest BCUT2D eigenvalue weighted by Gasteiger charge is 2.39. The van der Waals surface area contributed by atoms with Crippen molar-refractivity contribution < 1.29 is 29.2 Å². The summed E-state index contributed by atoms with van der Waals surface area (Å²) >= 11 is 10.7. The van der Waals surface area contributed by atoms with Gasteiger partial charge in [0.2, 0.25) is 15.4 Å². The molecule has 1 aromatic carbocycles. The molecule has 4 atom stereocenters. The molecule has 2 aromatic heterocycles. The summed E-state index contributed by atoms with van der Waals surface area (Å²) in [7, 11) is 1.57. The number of aliphatic hydroxyl groups excluding tert-OH is 3. The lowest BCUT2D eigenvalue weighted by Crippen LogP contribution is -2.51. The number of hydrogen-bond acceptors (Lipinski definition) is 10. The van der Waals surface area contributed by atoms with Gasteiger partial charge in [0.15, 0.2) is 6.23 Å². The Labute approximate surface area is 168 Å². The summed E-state index contributed by atoms with van der Waals surface area (Å²) in [5.41, 5.74) is 0.672. The van der Waals surface area contributed by atoms with Crippen molar-refractivity contribution in [3.8, 4) is 17.2 Å². The van der Waals surface area contributed by atoms with E-state index in [1.807, 2.05) is 0 Å². The van der Waals surface area contributed by atoms with Crippen LogP contribution in [0, 0.1) is 9.54 Å². The van der Waals surface area contributed by atoms with E-state index in [9.17, 15) is 15.3 Å². The molecule has 1 saturated heterocycles. The summed E-state index contributed by atoms with van der Waals surface area (Å²) in [5, 5.41) is 34.2. The van der Waals surface area contributed by atoms with Crippen molar-refractivity contribution in [1.29, 1.82) is 0 Å². The maximum Gasteiger partial charge on any atom is 0.330 e. The van der Waals surface area contributed by atoms with Crippen LogP contribution in [0.3, 0.4) is 0 Å². The van der Waals surface area contributed by atoms with Crippen LogP contribution in [0.25, 0.3) is 17.3 Å². The van der Waals surface area contributed by atoms with Crippen LogP contribution in [-0.2, 0) is 4.74 Å². The molecule has 10 nitrogen and oxygen atoms in total. The van der Waals surface area contributed by atoms with Crippen molar-refractivity contribution >= 4 is 30.3 Å². The minimum atomic E-state index is -1.45. The van der Waals surface area contributed by atoms with Gasteiger partial charge >= 0.3 is 5.84 Å². The Hall–Kier alpha value is -2.22. The highest BCUT2D eigenvalue weighted by atomic mass is 32.1. The standard InChI is InChI=1S/C16H16N4O6S2/c1-24-8-4-2-7(3-5-8)12-18-20-14(26-12)17-15(27)19(16(20)28)13-11(23)10(22)9(21)6-25-13/h2-5,9-11,13,21-23H,6H2,1H3/t9-,10+,11-,13-/m1/s1. The van der Waals surface area contributed by atoms with Gasteiger partial charge in [-0.2, -0.15) is 9.50 Å². The fourth-order valence-corrected chi connectivity index (χ4v) is 3.52. The minimum Gasteiger partial charge on any atom is -0.497 e. The van der Waals surface area contributed by atoms with Crippen LogP contribution in [-0.4, -0.2) is 66.5 Å². The molecule has 0 unspecified atom stereocenters. The first-order valence-corrected chi connectivity index (χ1v) is 9.05. The zero-order chi connectivity index (χ0) is 20.0. The lowest BCUT2D eigenvalue weighted by Gasteiger charge is -2.35. The maximum atomic E-state index is 10.3. The lowest BCUT2D eigenvalue weighted by atomic mass is 10.0. The highest BCUT2D eigenvalue weighted by Crippen LogP contribution is 2.26. The first-order chi connectivity index (χ1) is 13.4. The van der Waals surface area contributed by atoms with Crippen molar-refractivity contribution in [1.82, 2.24) is 19.2 Å². The van der Waals surface area contributed by atoms with Crippen LogP contribution in [0.2, 0.25) is 0 Å². The molecule has 3 aromatic rings. The van der Waals surface area contributed by atoms with E-state index in [0.29, 0.717) is 11.3 Å². The van der Waals surface area contributed by atoms with Crippen LogP contribution < -0.4 is 4.74 Å². The molecule has 0 bridgehead atoms. The molecule has 3 heterocycles. The predicted molar refractivity (Wildman–Crippen MR) is 99.9 cm³/mol. The molecule has 1 aliphatic rings. The summed E-state index contributed by atoms with van der Waals surface area (Å²) in [5.74, 6) is 1.02. The van der Waals surface area contributed by atoms with Gasteiger partial charge in [-0.25, -0.2) is 0 Å². The number of benzene rings is 1. The van der Waals surface area contributed by atoms with E-state index >= 15 is 0 Å². The molecular formula is C16H16N4O6S2. The Balaban J connectivity index is 1.80. The normalized spacial score (nSPS) is 25.1. The Kier molecular flexibility index (Phi) is 4.99. The molecule has 0 amide bonds. The zero-order valence-electron chi connectivity index (χ0n) is 14.5. The van der Waals surface area contributed by atoms with Crippen molar-refractivity contribution in [2.45, 2.75) is 24.5 Å². The third-order valence-electron chi connectivity index (χ3n) is 4.41. The summed E-state index contributed by atoms with van der Waals surface area (Å²) in [4.78, 5) is 4.16. The fraction of sp³-hybridized carbons (Fsp3) is 0.375. The Morgan fingerprint density at radius 1 is 1.14 bits per heavy atom. The molecule has 0 aliphatic carbocycles. The highest BCUT2D eigenvalue weighted by molar-refractivity contribution is 7.72. The van der Waals surface area contributed by atoms with Crippen LogP contribution in [0.15, 0.2) is 28.7 Å². The SMILES string of the molecule is COc1ccc(-c2nn3c(=S)n([C@@H]4OC[C@@H](O)[C@H](O)[C@H]4O)c(=S)nc3o2)cc1. The van der Waals surface area contributed by atoms with Crippen LogP contribution >= 0.6 is 24.4 Å². The van der Waals surface area contributed by atoms with Gasteiger partial charge in [-0.3, -0.25) is 4.57 Å². The fourth-order valence-electron chi connectivity index (χ4n) is 2.88. The van der Waals surface area contributed by atoms with Crippen molar-refractivity contribution in [2.24, 2.45) is 0 Å². The number of nitrogens with zero attached hydrogens (tertiary/aromatic N) is 4. The number of fused-ring (bicyclic) bond motifs is 1. The predicted octanol–water partition coefficient (Wildman–Crippen LogP) is 0.870. The molecule has 148 valence electrons. The van der Waals surface area contributed by atoms with Crippen molar-refractivity contribution in [3.63, 3.8) is 0 Å². The van der Waals surface area contributed by atoms with Crippen LogP contribution in [0.4, 0.5) is 0 Å². The second kappa shape index (κ2) is 7.31. The van der Waals surface area contributed by atoms with Crippen LogP contribution in [0.5, 0.6) is 5.75 Å². The van der Waals surface area contributed by atoms with Gasteiger partial charge in [0.1, 0.15) is 24.1 Å². The average Bonchev–Trinajstić information content (AvgIpc) is 3.12. The number of methoxy groups -OCH3 is 1. The van der Waals surface area contributed by atoms with Crippen LogP contribution in [0.1, 0.15) is 6.23 Å². The van der Waals surface area contributed by atoms with Gasteiger partial charge in [0, 0.05) is 5.56 Å². The molecule has 1 aliphatic heterocycles. The number of aliphatic hydroxyl groups is 3. The second-order valence-corrected chi connectivity index (χ2v) is 6.88. The largest absolute Gasteiger partial charge is 0.497 e. The number of ether oxygens (including phenoxy) is 2. The molecular weight excluding hydrogens is 408 g/mol. The number of hydrogen-bond donors (Lipinski definition) is 3. The molecule has 1 fully saturated rings. The maximum absolute atomic E-state index is 10.3. The first-order valence-electron chi connectivity index (χ1n) is 8.23. The quantitative estimate of drug-likeness (QED) is 0.521. The second-order valence-electron chi connectivity index (χ2n) is 6.15. The first kappa shape index (κ1) is 19.1. The number of rotatable bonds is 3. The van der Waals surface area contributed by atoms with Gasteiger partial charge in [-0.05, 0) is 48.7 Å². The van der Waals surface area contributed by atoms with E-state index in [2.05, 4.69) is 10.1 Å². The summed E-state index contributed by atoms with van der Waals surface area (Å²) in [6.45, 7) is -0.196. The van der Waals surface area contributed by atoms with Gasteiger partial charge < -0.3 is 29.2 Å². The Bertz CT molecular complexity index is 1120. The smallest absolute Gasteiger partial charge is 0.330 e. The molecule has 0 spiro atoms. The molecule has 12 heteroatoms. The molecule has 0 saturated carbocycles. The van der Waals surface area contributed by atoms with Crippen molar-refractivity contribution in [3.05, 3.63) is 33.8 Å². The third-order valence-corrected chi connectivity index (χ3v) is 5.07. The average molecular weight is 424 g/mol. The Morgan fingerprint density at radius 2 is 1.86 bits per heavy atom. The van der Waals surface area contributed by atoms with Gasteiger partial charge in [-0.1, -0.05) is 0 Å². The molecule has 3 N–H and O–H groups in total. The lowest BCUT2D eigenvalue weighted by molar-refractivity contribution is -0.212. The van der Waals surface area contributed by atoms with E-state index in [4.69, 9.17) is 38.3 Å². The number of aromatic nitrogens is 4. The van der Waals surface area contributed by atoms with E-state index in [-0.39, 0.29) is 27.9 Å². The van der Waals surface area contributed by atoms with Gasteiger partial charge in [0.05, 0.1) is 13.7 Å². The van der Waals surface area contributed by atoms with Crippen molar-refractivity contribution in [2.75, 3.05) is 13.7 Å². The van der Waals surface area contributed by atoms with E-state index in [0.717, 1.165) is 0 Å². The molecule has 4 rings (SSSR count). The van der Waals surface area contributed by atoms with Gasteiger partial charge in [-0.15, -0.1) is 5.10 Å². The van der Waals surface area contributed by atoms with Gasteiger partial charge in [0.25, 0.3) is 0 Å². The summed E-state index contributed by atoms with van der Waals surface area (Å²) in [6, 6.07) is 7.05. The summed E-state index contributed by atoms with van der Waals surface area (Å²) in [6.07, 6.45) is -5.20. The topological polar surface area (TPSA) is 127 Å².